The highest BCUT2D eigenvalue weighted by molar-refractivity contribution is 14.0. The minimum atomic E-state index is 0. The fourth-order valence-electron chi connectivity index (χ4n) is 2.54. The number of guanidine groups is 1. The Balaban J connectivity index is 0.00000576. The summed E-state index contributed by atoms with van der Waals surface area (Å²) in [5, 5.41) is 15.1. The molecule has 0 amide bonds. The quantitative estimate of drug-likeness (QED) is 0.214. The minimum absolute atomic E-state index is 0. The van der Waals surface area contributed by atoms with Gasteiger partial charge in [-0.15, -0.1) is 34.2 Å². The number of aryl methyl sites for hydroxylation is 1. The molecule has 6 nitrogen and oxygen atoms in total. The maximum Gasteiger partial charge on any atom is 0.191 e. The van der Waals surface area contributed by atoms with Crippen molar-refractivity contribution < 1.29 is 0 Å². The summed E-state index contributed by atoms with van der Waals surface area (Å²) in [7, 11) is 0. The molecular weight excluding hydrogens is 427 g/mol. The van der Waals surface area contributed by atoms with Crippen molar-refractivity contribution in [3.63, 3.8) is 0 Å². The fraction of sp³-hybridized carbons (Fsp3) is 0.833. The molecule has 1 aromatic heterocycles. The average molecular weight is 464 g/mol. The van der Waals surface area contributed by atoms with Crippen molar-refractivity contribution in [1.82, 2.24) is 25.4 Å². The summed E-state index contributed by atoms with van der Waals surface area (Å²) in [6.07, 6.45) is 10.0. The molecular formula is C18H37IN6. The molecule has 1 rings (SSSR count). The van der Waals surface area contributed by atoms with Gasteiger partial charge in [0, 0.05) is 32.1 Å². The highest BCUT2D eigenvalue weighted by Gasteiger charge is 2.06. The lowest BCUT2D eigenvalue weighted by molar-refractivity contribution is 0.542. The van der Waals surface area contributed by atoms with Gasteiger partial charge in [0.15, 0.2) is 5.96 Å². The lowest BCUT2D eigenvalue weighted by atomic mass is 10.1. The Morgan fingerprint density at radius 1 is 1.20 bits per heavy atom. The summed E-state index contributed by atoms with van der Waals surface area (Å²) in [5.74, 6) is 1.96. The second-order valence-corrected chi connectivity index (χ2v) is 6.35. The number of nitrogens with zero attached hydrogens (tertiary/aromatic N) is 4. The predicted octanol–water partition coefficient (Wildman–Crippen LogP) is 3.76. The van der Waals surface area contributed by atoms with E-state index < -0.39 is 0 Å². The fourth-order valence-corrected chi connectivity index (χ4v) is 2.54. The van der Waals surface area contributed by atoms with Crippen LogP contribution in [0.1, 0.15) is 72.0 Å². The number of hydrogen-bond donors (Lipinski definition) is 2. The smallest absolute Gasteiger partial charge is 0.191 e. The molecule has 0 aliphatic carbocycles. The maximum atomic E-state index is 4.70. The Hall–Kier alpha value is -0.860. The van der Waals surface area contributed by atoms with Crippen LogP contribution in [0, 0.1) is 0 Å². The second-order valence-electron chi connectivity index (χ2n) is 6.35. The first-order valence-corrected chi connectivity index (χ1v) is 9.62. The Morgan fingerprint density at radius 2 is 1.96 bits per heavy atom. The van der Waals surface area contributed by atoms with E-state index in [4.69, 9.17) is 4.99 Å². The zero-order chi connectivity index (χ0) is 17.6. The van der Waals surface area contributed by atoms with Crippen LogP contribution in [0.2, 0.25) is 0 Å². The Bertz CT molecular complexity index is 460. The maximum absolute atomic E-state index is 4.70. The Morgan fingerprint density at radius 3 is 2.64 bits per heavy atom. The molecule has 0 fully saturated rings. The van der Waals surface area contributed by atoms with Crippen molar-refractivity contribution in [2.24, 2.45) is 4.99 Å². The lowest BCUT2D eigenvalue weighted by Crippen LogP contribution is -2.43. The van der Waals surface area contributed by atoms with Crippen LogP contribution in [0.25, 0.3) is 0 Å². The molecule has 0 spiro atoms. The molecule has 0 bridgehead atoms. The second kappa shape index (κ2) is 15.4. The molecule has 1 aromatic rings. The highest BCUT2D eigenvalue weighted by atomic mass is 127. The molecule has 1 heterocycles. The summed E-state index contributed by atoms with van der Waals surface area (Å²) in [6, 6.07) is 0.450. The molecule has 146 valence electrons. The van der Waals surface area contributed by atoms with E-state index in [0.29, 0.717) is 6.04 Å². The van der Waals surface area contributed by atoms with E-state index in [1.165, 1.54) is 32.1 Å². The van der Waals surface area contributed by atoms with Gasteiger partial charge in [0.1, 0.15) is 12.2 Å². The number of aromatic nitrogens is 3. The summed E-state index contributed by atoms with van der Waals surface area (Å²) in [6.45, 7) is 11.3. The van der Waals surface area contributed by atoms with Crippen molar-refractivity contribution in [1.29, 1.82) is 0 Å². The van der Waals surface area contributed by atoms with E-state index in [1.807, 2.05) is 0 Å². The topological polar surface area (TPSA) is 67.1 Å². The van der Waals surface area contributed by atoms with Crippen LogP contribution < -0.4 is 10.6 Å². The predicted molar refractivity (Wildman–Crippen MR) is 117 cm³/mol. The van der Waals surface area contributed by atoms with Gasteiger partial charge in [-0.2, -0.15) is 0 Å². The van der Waals surface area contributed by atoms with Crippen molar-refractivity contribution in [2.75, 3.05) is 13.1 Å². The molecule has 2 N–H and O–H groups in total. The largest absolute Gasteiger partial charge is 0.355 e. The molecule has 0 aliphatic rings. The number of aliphatic imine (C=N–C) groups is 1. The number of nitrogens with one attached hydrogen (secondary N) is 2. The molecule has 0 aromatic carbocycles. The summed E-state index contributed by atoms with van der Waals surface area (Å²) >= 11 is 0. The molecule has 25 heavy (non-hydrogen) atoms. The number of unbranched alkanes of at least 4 members (excludes halogenated alkanes) is 3. The Kier molecular flexibility index (Phi) is 14.9. The van der Waals surface area contributed by atoms with Gasteiger partial charge in [0.2, 0.25) is 0 Å². The SMILES string of the molecule is CCCCCC(C)NC(=NCCCC)NCCn1cnnc1CC.I. The molecule has 0 saturated heterocycles. The van der Waals surface area contributed by atoms with Gasteiger partial charge in [-0.3, -0.25) is 4.99 Å². The summed E-state index contributed by atoms with van der Waals surface area (Å²) in [4.78, 5) is 4.70. The third-order valence-corrected chi connectivity index (χ3v) is 4.06. The van der Waals surface area contributed by atoms with E-state index in [9.17, 15) is 0 Å². The minimum Gasteiger partial charge on any atom is -0.355 e. The molecule has 0 radical (unpaired) electrons. The Labute approximate surface area is 170 Å². The van der Waals surface area contributed by atoms with Crippen molar-refractivity contribution >= 4 is 29.9 Å². The average Bonchev–Trinajstić information content (AvgIpc) is 3.02. The van der Waals surface area contributed by atoms with E-state index >= 15 is 0 Å². The summed E-state index contributed by atoms with van der Waals surface area (Å²) in [5.41, 5.74) is 0. The van der Waals surface area contributed by atoms with Gasteiger partial charge < -0.3 is 15.2 Å². The van der Waals surface area contributed by atoms with Gasteiger partial charge >= 0.3 is 0 Å². The van der Waals surface area contributed by atoms with Crippen LogP contribution in [0.4, 0.5) is 0 Å². The number of rotatable bonds is 12. The summed E-state index contributed by atoms with van der Waals surface area (Å²) < 4.78 is 2.10. The first kappa shape index (κ1) is 24.1. The zero-order valence-electron chi connectivity index (χ0n) is 16.4. The normalized spacial score (nSPS) is 12.6. The van der Waals surface area contributed by atoms with Crippen molar-refractivity contribution in [3.8, 4) is 0 Å². The van der Waals surface area contributed by atoms with E-state index in [2.05, 4.69) is 53.1 Å². The third-order valence-electron chi connectivity index (χ3n) is 4.06. The van der Waals surface area contributed by atoms with E-state index in [1.54, 1.807) is 6.33 Å². The van der Waals surface area contributed by atoms with Crippen molar-refractivity contribution in [2.45, 2.75) is 85.2 Å². The van der Waals surface area contributed by atoms with Crippen LogP contribution in [0.3, 0.4) is 0 Å². The van der Waals surface area contributed by atoms with Gasteiger partial charge in [0.05, 0.1) is 0 Å². The van der Waals surface area contributed by atoms with Gasteiger partial charge in [-0.05, 0) is 19.8 Å². The number of hydrogen-bond acceptors (Lipinski definition) is 3. The standard InChI is InChI=1S/C18H36N6.HI/c1-5-8-10-11-16(4)22-18(19-12-9-6-2)20-13-14-24-15-21-23-17(24)7-3;/h15-16H,5-14H2,1-4H3,(H2,19,20,22);1H. The zero-order valence-corrected chi connectivity index (χ0v) is 18.8. The van der Waals surface area contributed by atoms with Crippen molar-refractivity contribution in [3.05, 3.63) is 12.2 Å². The highest BCUT2D eigenvalue weighted by Crippen LogP contribution is 2.02. The molecule has 1 unspecified atom stereocenters. The number of halogens is 1. The van der Waals surface area contributed by atoms with E-state index in [-0.39, 0.29) is 24.0 Å². The first-order chi connectivity index (χ1) is 11.7. The lowest BCUT2D eigenvalue weighted by Gasteiger charge is -2.18. The van der Waals surface area contributed by atoms with Gasteiger partial charge in [-0.25, -0.2) is 0 Å². The van der Waals surface area contributed by atoms with Crippen LogP contribution >= 0.6 is 24.0 Å². The molecule has 1 atom stereocenters. The van der Waals surface area contributed by atoms with E-state index in [0.717, 1.165) is 44.3 Å². The van der Waals surface area contributed by atoms with Crippen LogP contribution in [0.5, 0.6) is 0 Å². The molecule has 0 aliphatic heterocycles. The van der Waals surface area contributed by atoms with Gasteiger partial charge in [0.25, 0.3) is 0 Å². The molecule has 0 saturated carbocycles. The monoisotopic (exact) mass is 464 g/mol. The van der Waals surface area contributed by atoms with Crippen LogP contribution in [-0.2, 0) is 13.0 Å². The first-order valence-electron chi connectivity index (χ1n) is 9.62. The third kappa shape index (κ3) is 10.7. The van der Waals surface area contributed by atoms with Gasteiger partial charge in [-0.1, -0.05) is 46.5 Å². The van der Waals surface area contributed by atoms with Crippen LogP contribution in [0.15, 0.2) is 11.3 Å². The molecule has 7 heteroatoms. The van der Waals surface area contributed by atoms with Crippen LogP contribution in [-0.4, -0.2) is 39.9 Å².